The largest absolute Gasteiger partial charge is 0.265 e. The molecule has 0 bridgehead atoms. The van der Waals surface area contributed by atoms with E-state index in [0.717, 1.165) is 40.2 Å². The number of benzene rings is 1. The summed E-state index contributed by atoms with van der Waals surface area (Å²) in [5.41, 5.74) is 8.82. The zero-order valence-electron chi connectivity index (χ0n) is 81.1. The summed E-state index contributed by atoms with van der Waals surface area (Å²) in [6.45, 7) is 91.0. The number of nitrogens with zero attached hydrogens (tertiary/aromatic N) is 17. The molecule has 10 aromatic rings. The zero-order chi connectivity index (χ0) is 90.6. The average Bonchev–Trinajstić information content (AvgIpc) is 0.889. The highest BCUT2D eigenvalue weighted by Gasteiger charge is 2.17. The van der Waals surface area contributed by atoms with Crippen LogP contribution in [0.1, 0.15) is 397 Å². The van der Waals surface area contributed by atoms with Gasteiger partial charge in [-0.3, -0.25) is 24.9 Å². The van der Waals surface area contributed by atoms with E-state index in [9.17, 15) is 0 Å². The van der Waals surface area contributed by atoms with E-state index >= 15 is 0 Å². The number of aromatic nitrogens is 17. The first-order valence-electron chi connectivity index (χ1n) is 42.3. The lowest BCUT2D eigenvalue weighted by Crippen LogP contribution is -2.15. The Hall–Kier alpha value is -8.99. The molecule has 0 saturated carbocycles. The van der Waals surface area contributed by atoms with E-state index in [4.69, 9.17) is 0 Å². The van der Waals surface area contributed by atoms with Gasteiger partial charge in [-0.15, -0.1) is 5.10 Å². The molecule has 0 aliphatic carbocycles. The van der Waals surface area contributed by atoms with Crippen molar-refractivity contribution in [2.45, 2.75) is 362 Å². The van der Waals surface area contributed by atoms with Crippen molar-refractivity contribution in [2.75, 3.05) is 0 Å². The summed E-state index contributed by atoms with van der Waals surface area (Å²) in [6.07, 6.45) is 29.3. The third-order valence-electron chi connectivity index (χ3n) is 12.8. The van der Waals surface area contributed by atoms with Crippen LogP contribution in [0.15, 0.2) is 203 Å². The van der Waals surface area contributed by atoms with Gasteiger partial charge in [-0.25, -0.2) is 39.9 Å². The Bertz CT molecular complexity index is 2800. The van der Waals surface area contributed by atoms with Crippen LogP contribution in [0, 0.1) is 0 Å². The fraction of sp³-hybridized carbons (Fsp3) is 0.557. The van der Waals surface area contributed by atoms with Crippen LogP contribution in [-0.2, 0) is 21.7 Å². The first kappa shape index (κ1) is 126. The fourth-order valence-corrected chi connectivity index (χ4v) is 6.89. The summed E-state index contributed by atoms with van der Waals surface area (Å²) >= 11 is 0. The monoisotopic (exact) mass is 1570 g/mol. The summed E-state index contributed by atoms with van der Waals surface area (Å²) in [6, 6.07) is 32.4. The van der Waals surface area contributed by atoms with Crippen molar-refractivity contribution in [2.24, 2.45) is 0 Å². The van der Waals surface area contributed by atoms with E-state index in [0.29, 0.717) is 35.5 Å². The molecule has 10 rings (SSSR count). The Balaban J connectivity index is -0.000000128. The van der Waals surface area contributed by atoms with Crippen molar-refractivity contribution >= 4 is 0 Å². The van der Waals surface area contributed by atoms with Crippen molar-refractivity contribution < 1.29 is 0 Å². The molecule has 17 nitrogen and oxygen atoms in total. The third kappa shape index (κ3) is 75.7. The molecule has 9 aromatic heterocycles. The second-order valence-electron chi connectivity index (χ2n) is 27.5. The van der Waals surface area contributed by atoms with Crippen LogP contribution in [0.2, 0.25) is 0 Å². The van der Waals surface area contributed by atoms with Gasteiger partial charge < -0.3 is 0 Å². The summed E-state index contributed by atoms with van der Waals surface area (Å²) in [4.78, 5) is 52.1. The average molecular weight is 1580 g/mol. The van der Waals surface area contributed by atoms with Gasteiger partial charge in [0, 0.05) is 125 Å². The zero-order valence-corrected chi connectivity index (χ0v) is 81.1. The fourth-order valence-electron chi connectivity index (χ4n) is 6.89. The Morgan fingerprint density at radius 3 is 0.868 bits per heavy atom. The smallest absolute Gasteiger partial charge is 0.156 e. The quantitative estimate of drug-likeness (QED) is 0.151. The number of hydrogen-bond donors (Lipinski definition) is 0. The maximum atomic E-state index is 4.25. The second kappa shape index (κ2) is 86.4. The van der Waals surface area contributed by atoms with E-state index < -0.39 is 0 Å². The van der Waals surface area contributed by atoms with Crippen LogP contribution in [0.5, 0.6) is 0 Å². The summed E-state index contributed by atoms with van der Waals surface area (Å²) < 4.78 is 0. The first-order valence-corrected chi connectivity index (χ1v) is 42.3. The second-order valence-corrected chi connectivity index (χ2v) is 27.5. The van der Waals surface area contributed by atoms with Crippen LogP contribution in [0.25, 0.3) is 0 Å². The van der Waals surface area contributed by atoms with Crippen LogP contribution in [-0.4, -0.2) is 85.2 Å². The minimum absolute atomic E-state index is 0.00819. The van der Waals surface area contributed by atoms with Crippen molar-refractivity contribution in [3.05, 3.63) is 260 Å². The standard InChI is InChI=1S/C9H13N.C9H12.2C8H12N2.2C8H11N.C7H11N3.2C7H10N2.C6H9N3.10C2H6/c1-9(2,3)8-6-4-5-7-10-8;1-8(2)9-6-4-3-5-7-9;1-8(2,3)7-6-9-4-5-10-7;1-8(2,3)7-5-4-6-9-10-7;1-7(2)8-3-5-9-6-4-8;1-7(2)8-4-3-5-9-6-8;1-7(2,3)6-8-4-5-9-10-6;1-6(2)7-3-4-8-5-9-7;1-6(2)7-8-4-3-5-9-7;1-5(2)6-8-3-7-4-9-6;10*1-2/h4-7H,1-3H3;3-8H,1-2H3;2*4-6H,1-3H3;2*3-7H,1-2H3;4-5H,1-3H3;2*3-6H,1-2H3;3-5H,1-2H3;10*1-2H3. The topological polar surface area (TPSA) is 219 Å². The predicted molar refractivity (Wildman–Crippen MR) is 500 cm³/mol. The van der Waals surface area contributed by atoms with Crippen molar-refractivity contribution in [3.63, 3.8) is 0 Å². The van der Waals surface area contributed by atoms with Gasteiger partial charge in [0.1, 0.15) is 30.6 Å². The minimum atomic E-state index is 0.00819. The van der Waals surface area contributed by atoms with Crippen LogP contribution < -0.4 is 0 Å². The normalized spacial score (nSPS) is 9.35. The molecule has 0 unspecified atom stereocenters. The van der Waals surface area contributed by atoms with Crippen LogP contribution >= 0.6 is 0 Å². The maximum Gasteiger partial charge on any atom is 0.156 e. The van der Waals surface area contributed by atoms with E-state index in [2.05, 4.69) is 288 Å². The van der Waals surface area contributed by atoms with Crippen molar-refractivity contribution in [1.29, 1.82) is 0 Å². The molecule has 0 atom stereocenters. The molecular formula is C97H171N17. The van der Waals surface area contributed by atoms with Gasteiger partial charge in [0.05, 0.1) is 17.6 Å². The van der Waals surface area contributed by atoms with Gasteiger partial charge in [0.2, 0.25) is 0 Å². The van der Waals surface area contributed by atoms with Gasteiger partial charge in [-0.05, 0) is 95.0 Å². The molecule has 0 aliphatic rings. The van der Waals surface area contributed by atoms with Crippen molar-refractivity contribution in [1.82, 2.24) is 85.2 Å². The van der Waals surface area contributed by atoms with Gasteiger partial charge in [0.15, 0.2) is 5.82 Å². The lowest BCUT2D eigenvalue weighted by molar-refractivity contribution is 0.533. The number of hydrogen-bond acceptors (Lipinski definition) is 17. The van der Waals surface area contributed by atoms with Gasteiger partial charge in [-0.2, -0.15) is 15.3 Å². The minimum Gasteiger partial charge on any atom is -0.265 e. The number of pyridine rings is 3. The molecule has 0 amide bonds. The van der Waals surface area contributed by atoms with E-state index in [1.54, 1.807) is 68.3 Å². The molecule has 644 valence electrons. The predicted octanol–water partition coefficient (Wildman–Crippen LogP) is 28.8. The highest BCUT2D eigenvalue weighted by atomic mass is 15.1. The van der Waals surface area contributed by atoms with Crippen LogP contribution in [0.4, 0.5) is 0 Å². The first-order chi connectivity index (χ1) is 54.2. The van der Waals surface area contributed by atoms with E-state index in [1.165, 1.54) is 29.3 Å². The summed E-state index contributed by atoms with van der Waals surface area (Å²) in [7, 11) is 0. The number of rotatable bonds is 6. The molecule has 1 aromatic carbocycles. The Morgan fingerprint density at radius 2 is 0.605 bits per heavy atom. The molecule has 0 spiro atoms. The Morgan fingerprint density at radius 1 is 0.219 bits per heavy atom. The summed E-state index contributed by atoms with van der Waals surface area (Å²) in [5.74, 6) is 5.77. The molecule has 17 heteroatoms. The van der Waals surface area contributed by atoms with E-state index in [1.807, 2.05) is 224 Å². The van der Waals surface area contributed by atoms with E-state index in [-0.39, 0.29) is 21.7 Å². The third-order valence-corrected chi connectivity index (χ3v) is 12.8. The molecule has 9 heterocycles. The molecule has 114 heavy (non-hydrogen) atoms. The summed E-state index contributed by atoms with van der Waals surface area (Å²) in [5, 5.41) is 15.4. The van der Waals surface area contributed by atoms with Crippen molar-refractivity contribution in [3.8, 4) is 0 Å². The lowest BCUT2D eigenvalue weighted by atomic mass is 9.92. The highest BCUT2D eigenvalue weighted by molar-refractivity contribution is 5.18. The maximum absolute atomic E-state index is 4.25. The molecule has 0 N–H and O–H groups in total. The Labute approximate surface area is 702 Å². The van der Waals surface area contributed by atoms with Gasteiger partial charge in [0.25, 0.3) is 0 Å². The van der Waals surface area contributed by atoms with Gasteiger partial charge in [-0.1, -0.05) is 347 Å². The molecule has 0 fully saturated rings. The van der Waals surface area contributed by atoms with Gasteiger partial charge >= 0.3 is 0 Å². The van der Waals surface area contributed by atoms with Crippen LogP contribution in [0.3, 0.4) is 0 Å². The SMILES string of the molecule is CC.CC.CC.CC.CC.CC.CC.CC.CC.CC.CC(C)(C)c1ccccn1.CC(C)(C)c1cccnn1.CC(C)(C)c1cnccn1.CC(C)(C)c1nccnn1.CC(C)c1ccccc1.CC(C)c1cccnc1.CC(C)c1ccncc1.CC(C)c1ccncn1.CC(C)c1ncccn1.CC(C)c1ncncn1. The molecule has 0 saturated heterocycles. The Kier molecular flexibility index (Phi) is 95.4. The highest BCUT2D eigenvalue weighted by Crippen LogP contribution is 2.21. The molecular weight excluding hydrogens is 1400 g/mol. The molecule has 0 radical (unpaired) electrons. The lowest BCUT2D eigenvalue weighted by Gasteiger charge is -2.16. The molecule has 0 aliphatic heterocycles.